The number of hydrogen-bond acceptors (Lipinski definition) is 1. The third-order valence-corrected chi connectivity index (χ3v) is 5.57. The van der Waals surface area contributed by atoms with Gasteiger partial charge < -0.3 is 10.6 Å². The quantitative estimate of drug-likeness (QED) is 0.254. The van der Waals surface area contributed by atoms with Crippen LogP contribution in [0.15, 0.2) is 42.5 Å². The Kier molecular flexibility index (Phi) is 9.82. The van der Waals surface area contributed by atoms with Gasteiger partial charge in [0.25, 0.3) is 0 Å². The molecule has 0 saturated carbocycles. The summed E-state index contributed by atoms with van der Waals surface area (Å²) in [5.74, 6) is 0.490. The number of anilines is 2. The van der Waals surface area contributed by atoms with E-state index in [4.69, 9.17) is 0 Å². The second-order valence-corrected chi connectivity index (χ2v) is 8.52. The number of rotatable bonds is 10. The van der Waals surface area contributed by atoms with Crippen LogP contribution in [0.2, 0.25) is 0 Å². The molecule has 3 nitrogen and oxygen atoms in total. The SMILES string of the molecule is CCCCCCC(C)CCc1ccccc1NC(=O)Nc1cc(C(F)(F)F)cc(C(F)(F)F)c1. The number of carbonyl (C=O) groups excluding carboxylic acids is 1. The number of aryl methyl sites for hydroxylation is 1. The van der Waals surface area contributed by atoms with E-state index in [0.29, 0.717) is 30.2 Å². The number of para-hydroxylation sites is 1. The van der Waals surface area contributed by atoms with Gasteiger partial charge in [0.2, 0.25) is 0 Å². The average molecular weight is 489 g/mol. The zero-order valence-corrected chi connectivity index (χ0v) is 19.2. The van der Waals surface area contributed by atoms with Crippen LogP contribution in [0.3, 0.4) is 0 Å². The van der Waals surface area contributed by atoms with Gasteiger partial charge in [-0.1, -0.05) is 64.2 Å². The van der Waals surface area contributed by atoms with Crippen molar-refractivity contribution in [3.63, 3.8) is 0 Å². The highest BCUT2D eigenvalue weighted by molar-refractivity contribution is 6.00. The van der Waals surface area contributed by atoms with Crippen molar-refractivity contribution in [2.75, 3.05) is 10.6 Å². The maximum atomic E-state index is 13.0. The van der Waals surface area contributed by atoms with E-state index in [2.05, 4.69) is 24.5 Å². The smallest absolute Gasteiger partial charge is 0.308 e. The molecule has 1 atom stereocenters. The predicted octanol–water partition coefficient (Wildman–Crippen LogP) is 8.91. The van der Waals surface area contributed by atoms with Crippen molar-refractivity contribution in [1.82, 2.24) is 0 Å². The van der Waals surface area contributed by atoms with Gasteiger partial charge in [-0.05, 0) is 48.6 Å². The minimum absolute atomic E-state index is 0.0157. The number of unbranched alkanes of at least 4 members (excludes halogenated alkanes) is 3. The van der Waals surface area contributed by atoms with Crippen LogP contribution in [-0.4, -0.2) is 6.03 Å². The van der Waals surface area contributed by atoms with E-state index in [1.165, 1.54) is 19.3 Å². The maximum Gasteiger partial charge on any atom is 0.416 e. The van der Waals surface area contributed by atoms with Gasteiger partial charge in [0.1, 0.15) is 0 Å². The summed E-state index contributed by atoms with van der Waals surface area (Å²) in [7, 11) is 0. The largest absolute Gasteiger partial charge is 0.416 e. The van der Waals surface area contributed by atoms with Gasteiger partial charge in [-0.25, -0.2) is 4.79 Å². The summed E-state index contributed by atoms with van der Waals surface area (Å²) in [6.07, 6.45) is -2.55. The number of urea groups is 1. The molecule has 0 fully saturated rings. The van der Waals surface area contributed by atoms with E-state index < -0.39 is 35.2 Å². The molecule has 34 heavy (non-hydrogen) atoms. The molecule has 1 unspecified atom stereocenters. The van der Waals surface area contributed by atoms with E-state index in [1.54, 1.807) is 12.1 Å². The summed E-state index contributed by atoms with van der Waals surface area (Å²) in [6.45, 7) is 4.33. The van der Waals surface area contributed by atoms with Crippen molar-refractivity contribution >= 4 is 17.4 Å². The van der Waals surface area contributed by atoms with Crippen molar-refractivity contribution in [2.24, 2.45) is 5.92 Å². The first kappa shape index (κ1) is 27.5. The summed E-state index contributed by atoms with van der Waals surface area (Å²) in [4.78, 5) is 12.4. The van der Waals surface area contributed by atoms with Gasteiger partial charge in [-0.15, -0.1) is 0 Å². The molecule has 188 valence electrons. The number of halogens is 6. The van der Waals surface area contributed by atoms with Crippen molar-refractivity contribution in [1.29, 1.82) is 0 Å². The Balaban J connectivity index is 2.07. The normalized spacial score (nSPS) is 12.9. The first-order valence-electron chi connectivity index (χ1n) is 11.4. The van der Waals surface area contributed by atoms with Gasteiger partial charge in [-0.3, -0.25) is 0 Å². The Hall–Kier alpha value is -2.71. The minimum Gasteiger partial charge on any atom is -0.308 e. The number of amides is 2. The molecule has 0 heterocycles. The highest BCUT2D eigenvalue weighted by Crippen LogP contribution is 2.37. The molecule has 0 aliphatic rings. The highest BCUT2D eigenvalue weighted by atomic mass is 19.4. The van der Waals surface area contributed by atoms with Crippen molar-refractivity contribution in [3.05, 3.63) is 59.2 Å². The Morgan fingerprint density at radius 3 is 2.06 bits per heavy atom. The zero-order valence-electron chi connectivity index (χ0n) is 19.2. The molecule has 2 rings (SSSR count). The zero-order chi connectivity index (χ0) is 25.4. The lowest BCUT2D eigenvalue weighted by atomic mass is 9.95. The third-order valence-electron chi connectivity index (χ3n) is 5.57. The fraction of sp³-hybridized carbons (Fsp3) is 0.480. The number of hydrogen-bond donors (Lipinski definition) is 2. The first-order chi connectivity index (χ1) is 15.9. The Bertz CT molecular complexity index is 907. The Morgan fingerprint density at radius 2 is 1.47 bits per heavy atom. The second-order valence-electron chi connectivity index (χ2n) is 8.52. The number of alkyl halides is 6. The summed E-state index contributed by atoms with van der Waals surface area (Å²) >= 11 is 0. The van der Waals surface area contributed by atoms with Crippen LogP contribution >= 0.6 is 0 Å². The van der Waals surface area contributed by atoms with Gasteiger partial charge in [0.15, 0.2) is 0 Å². The van der Waals surface area contributed by atoms with Crippen LogP contribution in [-0.2, 0) is 18.8 Å². The van der Waals surface area contributed by atoms with Gasteiger partial charge in [0, 0.05) is 11.4 Å². The van der Waals surface area contributed by atoms with Crippen molar-refractivity contribution in [3.8, 4) is 0 Å². The van der Waals surface area contributed by atoms with Crippen LogP contribution < -0.4 is 10.6 Å². The van der Waals surface area contributed by atoms with E-state index >= 15 is 0 Å². The van der Waals surface area contributed by atoms with E-state index in [1.807, 2.05) is 12.1 Å². The highest BCUT2D eigenvalue weighted by Gasteiger charge is 2.37. The van der Waals surface area contributed by atoms with Crippen LogP contribution in [0, 0.1) is 5.92 Å². The third kappa shape index (κ3) is 8.91. The fourth-order valence-corrected chi connectivity index (χ4v) is 3.64. The molecule has 2 N–H and O–H groups in total. The predicted molar refractivity (Wildman–Crippen MR) is 122 cm³/mol. The summed E-state index contributed by atoms with van der Waals surface area (Å²) in [5, 5.41) is 4.64. The molecule has 0 aliphatic carbocycles. The lowest BCUT2D eigenvalue weighted by Gasteiger charge is -2.16. The average Bonchev–Trinajstić information content (AvgIpc) is 2.74. The van der Waals surface area contributed by atoms with Crippen LogP contribution in [0.5, 0.6) is 0 Å². The van der Waals surface area contributed by atoms with E-state index in [9.17, 15) is 31.1 Å². The molecule has 0 aliphatic heterocycles. The molecule has 0 bridgehead atoms. The molecule has 9 heteroatoms. The summed E-state index contributed by atoms with van der Waals surface area (Å²) in [6, 6.07) is 7.03. The van der Waals surface area contributed by atoms with E-state index in [-0.39, 0.29) is 6.07 Å². The standard InChI is InChI=1S/C25H30F6N2O/c1-3-4-5-6-9-17(2)12-13-18-10-7-8-11-22(18)33-23(34)32-21-15-19(24(26,27)28)14-20(16-21)25(29,30)31/h7-8,10-11,14-17H,3-6,9,12-13H2,1-2H3,(H2,32,33,34). The Labute approximate surface area is 195 Å². The monoisotopic (exact) mass is 488 g/mol. The molecule has 0 radical (unpaired) electrons. The van der Waals surface area contributed by atoms with Crippen molar-refractivity contribution < 1.29 is 31.1 Å². The van der Waals surface area contributed by atoms with Crippen LogP contribution in [0.25, 0.3) is 0 Å². The molecule has 2 aromatic carbocycles. The molecule has 0 saturated heterocycles. The number of benzene rings is 2. The van der Waals surface area contributed by atoms with Crippen molar-refractivity contribution in [2.45, 2.75) is 71.1 Å². The number of carbonyl (C=O) groups is 1. The molecular weight excluding hydrogens is 458 g/mol. The second kappa shape index (κ2) is 12.1. The molecule has 0 spiro atoms. The lowest BCUT2D eigenvalue weighted by Crippen LogP contribution is -2.21. The maximum absolute atomic E-state index is 13.0. The fourth-order valence-electron chi connectivity index (χ4n) is 3.64. The van der Waals surface area contributed by atoms with Gasteiger partial charge >= 0.3 is 18.4 Å². The first-order valence-corrected chi connectivity index (χ1v) is 11.4. The van der Waals surface area contributed by atoms with Gasteiger partial charge in [0.05, 0.1) is 11.1 Å². The minimum atomic E-state index is -4.99. The van der Waals surface area contributed by atoms with Gasteiger partial charge in [-0.2, -0.15) is 26.3 Å². The van der Waals surface area contributed by atoms with E-state index in [0.717, 1.165) is 24.8 Å². The summed E-state index contributed by atoms with van der Waals surface area (Å²) < 4.78 is 78.3. The summed E-state index contributed by atoms with van der Waals surface area (Å²) in [5.41, 5.74) is -2.28. The topological polar surface area (TPSA) is 41.1 Å². The van der Waals surface area contributed by atoms with Crippen LogP contribution in [0.1, 0.15) is 69.1 Å². The number of nitrogens with one attached hydrogen (secondary N) is 2. The Morgan fingerprint density at radius 1 is 0.853 bits per heavy atom. The molecule has 2 aromatic rings. The molecular formula is C25H30F6N2O. The molecule has 0 aromatic heterocycles. The van der Waals surface area contributed by atoms with Crippen LogP contribution in [0.4, 0.5) is 42.5 Å². The lowest BCUT2D eigenvalue weighted by molar-refractivity contribution is -0.143. The molecule has 2 amide bonds.